The predicted molar refractivity (Wildman–Crippen MR) is 91.7 cm³/mol. The van der Waals surface area contributed by atoms with E-state index in [-0.39, 0.29) is 32.9 Å². The molecule has 1 aromatic heterocycles. The van der Waals surface area contributed by atoms with Crippen LogP contribution in [0.15, 0.2) is 50.4 Å². The van der Waals surface area contributed by atoms with Gasteiger partial charge in [-0.1, -0.05) is 0 Å². The Morgan fingerprint density at radius 1 is 1.00 bits per heavy atom. The van der Waals surface area contributed by atoms with E-state index in [2.05, 4.69) is 4.74 Å². The van der Waals surface area contributed by atoms with Crippen molar-refractivity contribution in [3.63, 3.8) is 0 Å². The Hall–Kier alpha value is -1.95. The molecule has 0 aliphatic carbocycles. The second-order valence-corrected chi connectivity index (χ2v) is 10.4. The quantitative estimate of drug-likeness (QED) is 0.697. The minimum atomic E-state index is -3.80. The SMILES string of the molecule is NCCS(=O)(=O)c1ccc(S(=O)(=O)c2ccc(COC(N)=O)s2)cc1. The number of hydrogen-bond acceptors (Lipinski definition) is 8. The van der Waals surface area contributed by atoms with Gasteiger partial charge in [-0.3, -0.25) is 0 Å². The summed E-state index contributed by atoms with van der Waals surface area (Å²) in [7, 11) is -7.33. The first-order valence-corrected chi connectivity index (χ1v) is 10.9. The number of nitrogens with two attached hydrogens (primary N) is 2. The normalized spacial score (nSPS) is 12.0. The molecule has 0 saturated heterocycles. The van der Waals surface area contributed by atoms with E-state index in [9.17, 15) is 21.6 Å². The number of rotatable bonds is 7. The van der Waals surface area contributed by atoms with Gasteiger partial charge in [0.2, 0.25) is 9.84 Å². The maximum atomic E-state index is 12.6. The molecule has 0 saturated carbocycles. The van der Waals surface area contributed by atoms with Gasteiger partial charge in [-0.15, -0.1) is 11.3 Å². The Labute approximate surface area is 149 Å². The third-order valence-electron chi connectivity index (χ3n) is 3.14. The second kappa shape index (κ2) is 7.52. The fourth-order valence-corrected chi connectivity index (χ4v) is 5.71. The van der Waals surface area contributed by atoms with Crippen molar-refractivity contribution in [3.05, 3.63) is 41.3 Å². The number of thiophene rings is 1. The molecule has 1 amide bonds. The molecule has 2 rings (SSSR count). The molecule has 0 atom stereocenters. The molecule has 4 N–H and O–H groups in total. The lowest BCUT2D eigenvalue weighted by Gasteiger charge is -2.05. The van der Waals surface area contributed by atoms with Crippen molar-refractivity contribution in [1.29, 1.82) is 0 Å². The summed E-state index contributed by atoms with van der Waals surface area (Å²) in [6, 6.07) is 7.85. The minimum Gasteiger partial charge on any atom is -0.444 e. The van der Waals surface area contributed by atoms with E-state index >= 15 is 0 Å². The number of primary amides is 1. The molecule has 0 aliphatic heterocycles. The van der Waals surface area contributed by atoms with Crippen LogP contribution in [0.4, 0.5) is 4.79 Å². The lowest BCUT2D eigenvalue weighted by atomic mass is 10.4. The molecule has 0 aliphatic rings. The highest BCUT2D eigenvalue weighted by molar-refractivity contribution is 7.93. The molecule has 1 heterocycles. The summed E-state index contributed by atoms with van der Waals surface area (Å²) in [6.45, 7) is -0.139. The van der Waals surface area contributed by atoms with Crippen molar-refractivity contribution >= 4 is 37.1 Å². The molecule has 0 fully saturated rings. The average Bonchev–Trinajstić information content (AvgIpc) is 3.03. The molecular weight excluding hydrogens is 388 g/mol. The summed E-state index contributed by atoms with van der Waals surface area (Å²) >= 11 is 0.939. The highest BCUT2D eigenvalue weighted by Crippen LogP contribution is 2.29. The Kier molecular flexibility index (Phi) is 5.83. The van der Waals surface area contributed by atoms with E-state index in [1.165, 1.54) is 36.4 Å². The lowest BCUT2D eigenvalue weighted by Crippen LogP contribution is -2.15. The smallest absolute Gasteiger partial charge is 0.404 e. The van der Waals surface area contributed by atoms with Crippen LogP contribution in [0.1, 0.15) is 4.88 Å². The molecule has 0 bridgehead atoms. The van der Waals surface area contributed by atoms with E-state index in [0.717, 1.165) is 11.3 Å². The van der Waals surface area contributed by atoms with Gasteiger partial charge in [0.25, 0.3) is 0 Å². The van der Waals surface area contributed by atoms with Gasteiger partial charge in [0.1, 0.15) is 10.8 Å². The molecule has 0 spiro atoms. The van der Waals surface area contributed by atoms with Crippen LogP contribution in [-0.2, 0) is 31.0 Å². The summed E-state index contributed by atoms with van der Waals surface area (Å²) in [5, 5.41) is 0. The average molecular weight is 404 g/mol. The molecular formula is C14H16N2O6S3. The number of carbonyl (C=O) groups is 1. The Morgan fingerprint density at radius 3 is 2.16 bits per heavy atom. The standard InChI is InChI=1S/C14H16N2O6S3/c15-7-8-24(18,19)11-2-4-12(5-3-11)25(20,21)13-6-1-10(23-13)9-22-14(16)17/h1-6H,7-9,15H2,(H2,16,17). The third-order valence-corrected chi connectivity index (χ3v) is 8.22. The molecule has 2 aromatic rings. The molecule has 0 unspecified atom stereocenters. The zero-order valence-electron chi connectivity index (χ0n) is 12.9. The van der Waals surface area contributed by atoms with Gasteiger partial charge in [-0.2, -0.15) is 0 Å². The summed E-state index contributed by atoms with van der Waals surface area (Å²) in [4.78, 5) is 11.1. The summed E-state index contributed by atoms with van der Waals surface area (Å²) in [6.07, 6.45) is -0.952. The number of benzene rings is 1. The van der Waals surface area contributed by atoms with E-state index < -0.39 is 25.8 Å². The van der Waals surface area contributed by atoms with Crippen molar-refractivity contribution in [1.82, 2.24) is 0 Å². The van der Waals surface area contributed by atoms with Crippen molar-refractivity contribution < 1.29 is 26.4 Å². The van der Waals surface area contributed by atoms with Gasteiger partial charge < -0.3 is 16.2 Å². The molecule has 0 radical (unpaired) electrons. The van der Waals surface area contributed by atoms with Crippen molar-refractivity contribution in [2.24, 2.45) is 11.5 Å². The summed E-state index contributed by atoms with van der Waals surface area (Å²) in [5.74, 6) is -0.215. The zero-order chi connectivity index (χ0) is 18.7. The van der Waals surface area contributed by atoms with Crippen LogP contribution in [-0.4, -0.2) is 35.2 Å². The van der Waals surface area contributed by atoms with Crippen LogP contribution >= 0.6 is 11.3 Å². The zero-order valence-corrected chi connectivity index (χ0v) is 15.4. The number of ether oxygens (including phenoxy) is 1. The van der Waals surface area contributed by atoms with E-state index in [1.807, 2.05) is 0 Å². The number of amides is 1. The topological polar surface area (TPSA) is 147 Å². The van der Waals surface area contributed by atoms with Crippen LogP contribution in [0.5, 0.6) is 0 Å². The number of hydrogen-bond donors (Lipinski definition) is 2. The maximum absolute atomic E-state index is 12.6. The fraction of sp³-hybridized carbons (Fsp3) is 0.214. The van der Waals surface area contributed by atoms with Gasteiger partial charge >= 0.3 is 6.09 Å². The Balaban J connectivity index is 2.27. The van der Waals surface area contributed by atoms with Gasteiger partial charge in [-0.25, -0.2) is 21.6 Å². The fourth-order valence-electron chi connectivity index (χ4n) is 1.94. The Morgan fingerprint density at radius 2 is 1.60 bits per heavy atom. The van der Waals surface area contributed by atoms with Gasteiger partial charge in [0, 0.05) is 11.4 Å². The first-order chi connectivity index (χ1) is 11.7. The Bertz CT molecular complexity index is 962. The van der Waals surface area contributed by atoms with Crippen molar-refractivity contribution in [3.8, 4) is 0 Å². The first kappa shape index (κ1) is 19.4. The highest BCUT2D eigenvalue weighted by atomic mass is 32.2. The molecule has 11 heteroatoms. The maximum Gasteiger partial charge on any atom is 0.404 e. The third kappa shape index (κ3) is 4.57. The van der Waals surface area contributed by atoms with Crippen LogP contribution in [0, 0.1) is 0 Å². The van der Waals surface area contributed by atoms with Gasteiger partial charge in [0.15, 0.2) is 9.84 Å². The van der Waals surface area contributed by atoms with Gasteiger partial charge in [-0.05, 0) is 36.4 Å². The molecule has 25 heavy (non-hydrogen) atoms. The minimum absolute atomic E-state index is 0.0126. The van der Waals surface area contributed by atoms with Gasteiger partial charge in [0.05, 0.1) is 15.5 Å². The summed E-state index contributed by atoms with van der Waals surface area (Å²) < 4.78 is 53.7. The van der Waals surface area contributed by atoms with Crippen LogP contribution in [0.3, 0.4) is 0 Å². The number of sulfone groups is 2. The lowest BCUT2D eigenvalue weighted by molar-refractivity contribution is 0.151. The first-order valence-electron chi connectivity index (χ1n) is 6.96. The molecule has 136 valence electrons. The van der Waals surface area contributed by atoms with Crippen LogP contribution in [0.2, 0.25) is 0 Å². The van der Waals surface area contributed by atoms with E-state index in [0.29, 0.717) is 4.88 Å². The highest BCUT2D eigenvalue weighted by Gasteiger charge is 2.21. The molecule has 1 aromatic carbocycles. The number of carbonyl (C=O) groups excluding carboxylic acids is 1. The van der Waals surface area contributed by atoms with Crippen LogP contribution < -0.4 is 11.5 Å². The predicted octanol–water partition coefficient (Wildman–Crippen LogP) is 0.909. The van der Waals surface area contributed by atoms with E-state index in [4.69, 9.17) is 11.5 Å². The van der Waals surface area contributed by atoms with Crippen LogP contribution in [0.25, 0.3) is 0 Å². The van der Waals surface area contributed by atoms with Crippen molar-refractivity contribution in [2.45, 2.75) is 20.6 Å². The summed E-state index contributed by atoms with van der Waals surface area (Å²) in [5.41, 5.74) is 10.1. The second-order valence-electron chi connectivity index (χ2n) is 4.91. The largest absolute Gasteiger partial charge is 0.444 e. The van der Waals surface area contributed by atoms with E-state index in [1.54, 1.807) is 0 Å². The van der Waals surface area contributed by atoms with Crippen molar-refractivity contribution in [2.75, 3.05) is 12.3 Å². The molecule has 8 nitrogen and oxygen atoms in total. The monoisotopic (exact) mass is 404 g/mol.